The van der Waals surface area contributed by atoms with Crippen LogP contribution in [-0.4, -0.2) is 42.1 Å². The van der Waals surface area contributed by atoms with E-state index in [1.54, 1.807) is 0 Å². The third kappa shape index (κ3) is 6.42. The molecule has 1 aromatic heterocycles. The number of rotatable bonds is 8. The number of benzene rings is 1. The zero-order valence-electron chi connectivity index (χ0n) is 13.9. The van der Waals surface area contributed by atoms with Gasteiger partial charge in [-0.3, -0.25) is 0 Å². The molecule has 1 heterocycles. The van der Waals surface area contributed by atoms with E-state index in [2.05, 4.69) is 39.6 Å². The topological polar surface area (TPSA) is 53.1 Å². The fourth-order valence-corrected chi connectivity index (χ4v) is 2.26. The minimum Gasteiger partial charge on any atom is -0.370 e. The molecule has 2 aromatic rings. The van der Waals surface area contributed by atoms with Gasteiger partial charge in [-0.05, 0) is 51.7 Å². The van der Waals surface area contributed by atoms with Crippen LogP contribution in [0.3, 0.4) is 0 Å². The Morgan fingerprint density at radius 3 is 2.52 bits per heavy atom. The summed E-state index contributed by atoms with van der Waals surface area (Å²) < 4.78 is 0. The summed E-state index contributed by atoms with van der Waals surface area (Å²) in [6, 6.07) is 9.71. The molecule has 5 nitrogen and oxygen atoms in total. The molecule has 0 bridgehead atoms. The van der Waals surface area contributed by atoms with Gasteiger partial charge in [-0.2, -0.15) is 4.98 Å². The molecule has 0 unspecified atom stereocenters. The highest BCUT2D eigenvalue weighted by Crippen LogP contribution is 2.13. The summed E-state index contributed by atoms with van der Waals surface area (Å²) in [7, 11) is 4.15. The third-order valence-electron chi connectivity index (χ3n) is 3.31. The minimum atomic E-state index is 0.634. The van der Waals surface area contributed by atoms with Gasteiger partial charge >= 0.3 is 0 Å². The Kier molecular flexibility index (Phi) is 6.62. The van der Waals surface area contributed by atoms with Crippen molar-refractivity contribution in [3.63, 3.8) is 0 Å². The molecule has 6 heteroatoms. The van der Waals surface area contributed by atoms with E-state index in [1.165, 1.54) is 0 Å². The molecule has 0 amide bonds. The molecule has 0 radical (unpaired) electrons. The van der Waals surface area contributed by atoms with Crippen LogP contribution in [0, 0.1) is 6.92 Å². The predicted molar refractivity (Wildman–Crippen MR) is 97.2 cm³/mol. The quantitative estimate of drug-likeness (QED) is 0.725. The molecule has 0 aliphatic carbocycles. The first-order valence-electron chi connectivity index (χ1n) is 7.75. The highest BCUT2D eigenvalue weighted by Gasteiger charge is 2.02. The van der Waals surface area contributed by atoms with Crippen LogP contribution in [0.5, 0.6) is 0 Å². The summed E-state index contributed by atoms with van der Waals surface area (Å²) in [5, 5.41) is 7.35. The lowest BCUT2D eigenvalue weighted by Gasteiger charge is -2.12. The highest BCUT2D eigenvalue weighted by molar-refractivity contribution is 6.30. The smallest absolute Gasteiger partial charge is 0.225 e. The van der Waals surface area contributed by atoms with Crippen molar-refractivity contribution in [2.24, 2.45) is 0 Å². The fourth-order valence-electron chi connectivity index (χ4n) is 2.13. The summed E-state index contributed by atoms with van der Waals surface area (Å²) in [5.74, 6) is 1.49. The molecule has 1 aromatic carbocycles. The number of hydrogen-bond donors (Lipinski definition) is 2. The number of nitrogens with one attached hydrogen (secondary N) is 2. The summed E-state index contributed by atoms with van der Waals surface area (Å²) in [4.78, 5) is 11.1. The van der Waals surface area contributed by atoms with Crippen LogP contribution in [0.1, 0.15) is 17.7 Å². The maximum Gasteiger partial charge on any atom is 0.225 e. The van der Waals surface area contributed by atoms with Gasteiger partial charge in [0.25, 0.3) is 0 Å². The second-order valence-corrected chi connectivity index (χ2v) is 6.22. The van der Waals surface area contributed by atoms with Crippen LogP contribution in [0.15, 0.2) is 30.3 Å². The Morgan fingerprint density at radius 1 is 1.09 bits per heavy atom. The lowest BCUT2D eigenvalue weighted by atomic mass is 10.2. The number of aryl methyl sites for hydroxylation is 1. The van der Waals surface area contributed by atoms with Crippen LogP contribution in [0.25, 0.3) is 0 Å². The van der Waals surface area contributed by atoms with Crippen molar-refractivity contribution in [3.05, 3.63) is 46.6 Å². The zero-order chi connectivity index (χ0) is 16.7. The molecule has 0 spiro atoms. The van der Waals surface area contributed by atoms with Gasteiger partial charge < -0.3 is 15.5 Å². The minimum absolute atomic E-state index is 0.634. The number of nitrogens with zero attached hydrogens (tertiary/aromatic N) is 3. The van der Waals surface area contributed by atoms with Gasteiger partial charge in [-0.15, -0.1) is 0 Å². The summed E-state index contributed by atoms with van der Waals surface area (Å²) >= 11 is 5.89. The van der Waals surface area contributed by atoms with Gasteiger partial charge in [0.15, 0.2) is 0 Å². The van der Waals surface area contributed by atoms with Gasteiger partial charge in [0.2, 0.25) is 5.95 Å². The van der Waals surface area contributed by atoms with Crippen molar-refractivity contribution in [1.82, 2.24) is 14.9 Å². The Labute approximate surface area is 143 Å². The normalized spacial score (nSPS) is 10.8. The number of hydrogen-bond acceptors (Lipinski definition) is 5. The Balaban J connectivity index is 1.90. The second kappa shape index (κ2) is 8.70. The van der Waals surface area contributed by atoms with E-state index in [-0.39, 0.29) is 0 Å². The molecule has 0 atom stereocenters. The largest absolute Gasteiger partial charge is 0.370 e. The average Bonchev–Trinajstić information content (AvgIpc) is 2.50. The molecule has 0 aliphatic rings. The van der Waals surface area contributed by atoms with E-state index in [4.69, 9.17) is 11.6 Å². The first-order valence-corrected chi connectivity index (χ1v) is 8.13. The van der Waals surface area contributed by atoms with Crippen molar-refractivity contribution in [3.8, 4) is 0 Å². The lowest BCUT2D eigenvalue weighted by molar-refractivity contribution is 0.405. The van der Waals surface area contributed by atoms with Crippen LogP contribution >= 0.6 is 11.6 Å². The second-order valence-electron chi connectivity index (χ2n) is 5.78. The SMILES string of the molecule is Cc1cc(NCCCN(C)C)nc(NCc2ccc(Cl)cc2)n1. The van der Waals surface area contributed by atoms with Gasteiger partial charge in [0.05, 0.1) is 0 Å². The first kappa shape index (κ1) is 17.5. The van der Waals surface area contributed by atoms with Gasteiger partial charge in [-0.1, -0.05) is 23.7 Å². The molecule has 23 heavy (non-hydrogen) atoms. The lowest BCUT2D eigenvalue weighted by Crippen LogP contribution is -2.17. The fraction of sp³-hybridized carbons (Fsp3) is 0.412. The van der Waals surface area contributed by atoms with E-state index < -0.39 is 0 Å². The first-order chi connectivity index (χ1) is 11.0. The molecule has 0 fully saturated rings. The van der Waals surface area contributed by atoms with Crippen LogP contribution in [-0.2, 0) is 6.54 Å². The van der Waals surface area contributed by atoms with E-state index >= 15 is 0 Å². The van der Waals surface area contributed by atoms with Crippen LogP contribution < -0.4 is 10.6 Å². The zero-order valence-corrected chi connectivity index (χ0v) is 14.7. The monoisotopic (exact) mass is 333 g/mol. The van der Waals surface area contributed by atoms with E-state index in [0.717, 1.165) is 41.6 Å². The number of aromatic nitrogens is 2. The maximum absolute atomic E-state index is 5.89. The molecule has 2 N–H and O–H groups in total. The van der Waals surface area contributed by atoms with E-state index in [9.17, 15) is 0 Å². The Hall–Kier alpha value is -1.85. The summed E-state index contributed by atoms with van der Waals surface area (Å²) in [6.45, 7) is 4.59. The summed E-state index contributed by atoms with van der Waals surface area (Å²) in [5.41, 5.74) is 2.08. The van der Waals surface area contributed by atoms with Crippen molar-refractivity contribution in [1.29, 1.82) is 0 Å². The third-order valence-corrected chi connectivity index (χ3v) is 3.56. The van der Waals surface area contributed by atoms with Crippen molar-refractivity contribution in [2.45, 2.75) is 19.9 Å². The predicted octanol–water partition coefficient (Wildman–Crippen LogP) is 3.41. The van der Waals surface area contributed by atoms with Gasteiger partial charge in [0.1, 0.15) is 5.82 Å². The Bertz CT molecular complexity index is 613. The average molecular weight is 334 g/mol. The molecule has 0 saturated carbocycles. The van der Waals surface area contributed by atoms with Gasteiger partial charge in [0, 0.05) is 29.9 Å². The molecular weight excluding hydrogens is 310 g/mol. The van der Waals surface area contributed by atoms with Crippen molar-refractivity contribution < 1.29 is 0 Å². The van der Waals surface area contributed by atoms with Crippen LogP contribution in [0.4, 0.5) is 11.8 Å². The highest BCUT2D eigenvalue weighted by atomic mass is 35.5. The van der Waals surface area contributed by atoms with Crippen molar-refractivity contribution >= 4 is 23.4 Å². The number of anilines is 2. The number of halogens is 1. The Morgan fingerprint density at radius 2 is 1.83 bits per heavy atom. The van der Waals surface area contributed by atoms with Crippen LogP contribution in [0.2, 0.25) is 5.02 Å². The molecule has 0 saturated heterocycles. The summed E-state index contributed by atoms with van der Waals surface area (Å²) in [6.07, 6.45) is 1.07. The molecule has 0 aliphatic heterocycles. The van der Waals surface area contributed by atoms with E-state index in [0.29, 0.717) is 12.5 Å². The molecule has 2 rings (SSSR count). The van der Waals surface area contributed by atoms with E-state index in [1.807, 2.05) is 37.3 Å². The molecule has 124 valence electrons. The van der Waals surface area contributed by atoms with Crippen molar-refractivity contribution in [2.75, 3.05) is 37.8 Å². The molecular formula is C17H24ClN5. The maximum atomic E-state index is 5.89. The standard InChI is InChI=1S/C17H24ClN5/c1-13-11-16(19-9-4-10-23(2)3)22-17(21-13)20-12-14-5-7-15(18)8-6-14/h5-8,11H,4,9-10,12H2,1-3H3,(H2,19,20,21,22). The van der Waals surface area contributed by atoms with Gasteiger partial charge in [-0.25, -0.2) is 4.98 Å².